The molecule has 2 aromatic rings. The minimum atomic E-state index is -0.698. The minimum Gasteiger partial charge on any atom is -0.477 e. The Balaban J connectivity index is 2.20. The van der Waals surface area contributed by atoms with Crippen molar-refractivity contribution >= 4 is 23.3 Å². The van der Waals surface area contributed by atoms with E-state index in [1.165, 1.54) is 19.2 Å². The molecule has 0 aliphatic rings. The van der Waals surface area contributed by atoms with E-state index >= 15 is 0 Å². The maximum absolute atomic E-state index is 12.6. The third kappa shape index (κ3) is 4.81. The number of carbonyl (C=O) groups excluding carboxylic acids is 2. The van der Waals surface area contributed by atoms with Gasteiger partial charge in [-0.05, 0) is 38.1 Å². The van der Waals surface area contributed by atoms with Crippen LogP contribution in [0.3, 0.4) is 0 Å². The number of nitro benzene ring substituents is 1. The number of hydrogen-bond donors (Lipinski definition) is 0. The number of nitrogens with zero attached hydrogens (tertiary/aromatic N) is 2. The third-order valence-corrected chi connectivity index (χ3v) is 3.75. The lowest BCUT2D eigenvalue weighted by Crippen LogP contribution is -2.40. The molecule has 0 heterocycles. The lowest BCUT2D eigenvalue weighted by atomic mass is 10.2. The molecule has 0 saturated heterocycles. The summed E-state index contributed by atoms with van der Waals surface area (Å²) in [6.45, 7) is 3.34. The molecule has 1 amide bonds. The second-order valence-corrected chi connectivity index (χ2v) is 5.91. The van der Waals surface area contributed by atoms with E-state index in [1.807, 2.05) is 32.0 Å². The number of hydrogen-bond acceptors (Lipinski definition) is 6. The van der Waals surface area contributed by atoms with Crippen LogP contribution in [0.15, 0.2) is 48.5 Å². The zero-order valence-electron chi connectivity index (χ0n) is 15.2. The predicted molar refractivity (Wildman–Crippen MR) is 99.0 cm³/mol. The molecule has 0 bridgehead atoms. The topological polar surface area (TPSA) is 99.0 Å². The highest BCUT2D eigenvalue weighted by Crippen LogP contribution is 2.28. The standard InChI is InChI=1S/C19H20N2O6/c1-13(2)20(15-7-5-4-6-8-15)18(22)12-27-17-10-9-14(19(23)26-3)11-16(17)21(24)25/h4-11,13H,12H2,1-3H3. The van der Waals surface area contributed by atoms with Gasteiger partial charge in [0.2, 0.25) is 0 Å². The van der Waals surface area contributed by atoms with Crippen LogP contribution in [0, 0.1) is 10.1 Å². The molecule has 8 heteroatoms. The molecule has 0 aliphatic carbocycles. The molecule has 0 radical (unpaired) electrons. The Hall–Kier alpha value is -3.42. The van der Waals surface area contributed by atoms with Crippen LogP contribution in [0.1, 0.15) is 24.2 Å². The Bertz CT molecular complexity index is 835. The number of anilines is 1. The van der Waals surface area contributed by atoms with E-state index in [2.05, 4.69) is 4.74 Å². The van der Waals surface area contributed by atoms with E-state index in [4.69, 9.17) is 4.74 Å². The van der Waals surface area contributed by atoms with Crippen LogP contribution in [-0.2, 0) is 9.53 Å². The molecule has 0 atom stereocenters. The van der Waals surface area contributed by atoms with E-state index in [1.54, 1.807) is 17.0 Å². The Labute approximate surface area is 156 Å². The van der Waals surface area contributed by atoms with Gasteiger partial charge >= 0.3 is 11.7 Å². The molecule has 0 N–H and O–H groups in total. The fourth-order valence-corrected chi connectivity index (χ4v) is 2.55. The van der Waals surface area contributed by atoms with E-state index in [0.29, 0.717) is 5.69 Å². The van der Waals surface area contributed by atoms with Gasteiger partial charge in [-0.1, -0.05) is 18.2 Å². The number of para-hydroxylation sites is 1. The normalized spacial score (nSPS) is 10.4. The summed E-state index contributed by atoms with van der Waals surface area (Å²) < 4.78 is 9.95. The molecule has 0 unspecified atom stereocenters. The molecular weight excluding hydrogens is 352 g/mol. The highest BCUT2D eigenvalue weighted by Gasteiger charge is 2.23. The van der Waals surface area contributed by atoms with Crippen molar-refractivity contribution in [2.45, 2.75) is 19.9 Å². The van der Waals surface area contributed by atoms with Gasteiger partial charge in [0, 0.05) is 17.8 Å². The quantitative estimate of drug-likeness (QED) is 0.420. The molecule has 8 nitrogen and oxygen atoms in total. The first-order valence-electron chi connectivity index (χ1n) is 8.21. The number of rotatable bonds is 7. The third-order valence-electron chi connectivity index (χ3n) is 3.75. The van der Waals surface area contributed by atoms with Crippen molar-refractivity contribution in [3.8, 4) is 5.75 Å². The van der Waals surface area contributed by atoms with Crippen LogP contribution in [0.25, 0.3) is 0 Å². The van der Waals surface area contributed by atoms with Gasteiger partial charge in [-0.15, -0.1) is 0 Å². The Morgan fingerprint density at radius 2 is 1.81 bits per heavy atom. The number of amides is 1. The molecule has 0 fully saturated rings. The predicted octanol–water partition coefficient (Wildman–Crippen LogP) is 3.20. The summed E-state index contributed by atoms with van der Waals surface area (Å²) in [5, 5.41) is 11.3. The number of benzene rings is 2. The number of esters is 1. The minimum absolute atomic E-state index is 0.0240. The van der Waals surface area contributed by atoms with Crippen molar-refractivity contribution in [2.75, 3.05) is 18.6 Å². The first kappa shape index (κ1) is 19.9. The fraction of sp³-hybridized carbons (Fsp3) is 0.263. The first-order chi connectivity index (χ1) is 12.8. The maximum atomic E-state index is 12.6. The molecular formula is C19H20N2O6. The van der Waals surface area contributed by atoms with Gasteiger partial charge in [0.05, 0.1) is 17.6 Å². The van der Waals surface area contributed by atoms with E-state index in [0.717, 1.165) is 6.07 Å². The zero-order valence-corrected chi connectivity index (χ0v) is 15.2. The maximum Gasteiger partial charge on any atom is 0.338 e. The molecule has 27 heavy (non-hydrogen) atoms. The molecule has 0 aromatic heterocycles. The monoisotopic (exact) mass is 372 g/mol. The summed E-state index contributed by atoms with van der Waals surface area (Å²) in [5.41, 5.74) is 0.314. The summed E-state index contributed by atoms with van der Waals surface area (Å²) in [5.74, 6) is -1.14. The highest BCUT2D eigenvalue weighted by atomic mass is 16.6. The van der Waals surface area contributed by atoms with Gasteiger partial charge in [0.25, 0.3) is 5.91 Å². The number of carbonyl (C=O) groups is 2. The van der Waals surface area contributed by atoms with Crippen molar-refractivity contribution < 1.29 is 24.0 Å². The van der Waals surface area contributed by atoms with E-state index in [9.17, 15) is 19.7 Å². The zero-order chi connectivity index (χ0) is 20.0. The van der Waals surface area contributed by atoms with Gasteiger partial charge in [-0.25, -0.2) is 4.79 Å². The second-order valence-electron chi connectivity index (χ2n) is 5.91. The van der Waals surface area contributed by atoms with Gasteiger partial charge in [-0.3, -0.25) is 14.9 Å². The lowest BCUT2D eigenvalue weighted by molar-refractivity contribution is -0.385. The fourth-order valence-electron chi connectivity index (χ4n) is 2.55. The number of ether oxygens (including phenoxy) is 2. The van der Waals surface area contributed by atoms with Crippen molar-refractivity contribution in [3.05, 3.63) is 64.2 Å². The van der Waals surface area contributed by atoms with Crippen LogP contribution >= 0.6 is 0 Å². The van der Waals surface area contributed by atoms with Crippen LogP contribution in [-0.4, -0.2) is 36.6 Å². The molecule has 0 aliphatic heterocycles. The number of methoxy groups -OCH3 is 1. The molecule has 2 rings (SSSR count). The van der Waals surface area contributed by atoms with E-state index < -0.39 is 16.6 Å². The van der Waals surface area contributed by atoms with Crippen LogP contribution < -0.4 is 9.64 Å². The van der Waals surface area contributed by atoms with Crippen LogP contribution in [0.2, 0.25) is 0 Å². The average molecular weight is 372 g/mol. The summed E-state index contributed by atoms with van der Waals surface area (Å²) in [7, 11) is 1.18. The highest BCUT2D eigenvalue weighted by molar-refractivity contribution is 5.95. The largest absolute Gasteiger partial charge is 0.477 e. The van der Waals surface area contributed by atoms with Crippen molar-refractivity contribution in [1.29, 1.82) is 0 Å². The van der Waals surface area contributed by atoms with Crippen LogP contribution in [0.5, 0.6) is 5.75 Å². The molecule has 0 spiro atoms. The van der Waals surface area contributed by atoms with E-state index in [-0.39, 0.29) is 29.9 Å². The van der Waals surface area contributed by atoms with Gasteiger partial charge in [-0.2, -0.15) is 0 Å². The average Bonchev–Trinajstić information content (AvgIpc) is 2.66. The summed E-state index contributed by atoms with van der Waals surface area (Å²) >= 11 is 0. The van der Waals surface area contributed by atoms with Crippen molar-refractivity contribution in [1.82, 2.24) is 0 Å². The SMILES string of the molecule is COC(=O)c1ccc(OCC(=O)N(c2ccccc2)C(C)C)c([N+](=O)[O-])c1. The Morgan fingerprint density at radius 3 is 2.37 bits per heavy atom. The molecule has 0 saturated carbocycles. The van der Waals surface area contributed by atoms with Gasteiger partial charge in [0.15, 0.2) is 12.4 Å². The Kier molecular flexibility index (Phi) is 6.48. The lowest BCUT2D eigenvalue weighted by Gasteiger charge is -2.26. The number of nitro groups is 1. The molecule has 2 aromatic carbocycles. The van der Waals surface area contributed by atoms with Crippen LogP contribution in [0.4, 0.5) is 11.4 Å². The summed E-state index contributed by atoms with van der Waals surface area (Å²) in [6, 6.07) is 12.6. The van der Waals surface area contributed by atoms with Crippen molar-refractivity contribution in [3.63, 3.8) is 0 Å². The summed E-state index contributed by atoms with van der Waals surface area (Å²) in [4.78, 5) is 36.3. The van der Waals surface area contributed by atoms with Crippen molar-refractivity contribution in [2.24, 2.45) is 0 Å². The first-order valence-corrected chi connectivity index (χ1v) is 8.21. The van der Waals surface area contributed by atoms with Gasteiger partial charge in [0.1, 0.15) is 0 Å². The summed E-state index contributed by atoms with van der Waals surface area (Å²) in [6.07, 6.45) is 0. The Morgan fingerprint density at radius 1 is 1.15 bits per heavy atom. The smallest absolute Gasteiger partial charge is 0.338 e. The second kappa shape index (κ2) is 8.79. The van der Waals surface area contributed by atoms with Gasteiger partial charge < -0.3 is 14.4 Å². The molecule has 142 valence electrons.